The van der Waals surface area contributed by atoms with Gasteiger partial charge in [-0.2, -0.15) is 5.10 Å². The summed E-state index contributed by atoms with van der Waals surface area (Å²) in [5.74, 6) is -1.06. The van der Waals surface area contributed by atoms with Crippen molar-refractivity contribution in [2.24, 2.45) is 5.10 Å². The van der Waals surface area contributed by atoms with Gasteiger partial charge in [-0.3, -0.25) is 14.4 Å². The molecular weight excluding hydrogens is 460 g/mol. The van der Waals surface area contributed by atoms with Gasteiger partial charge in [0.25, 0.3) is 5.91 Å². The van der Waals surface area contributed by atoms with E-state index in [0.29, 0.717) is 29.4 Å². The molecule has 0 saturated carbocycles. The second-order valence-electron chi connectivity index (χ2n) is 7.64. The third-order valence-electron chi connectivity index (χ3n) is 4.95. The Balaban J connectivity index is 1.43. The molecule has 0 spiro atoms. The minimum atomic E-state index is -0.923. The first-order chi connectivity index (χ1) is 17.5. The fourth-order valence-corrected chi connectivity index (χ4v) is 3.15. The number of amides is 3. The van der Waals surface area contributed by atoms with E-state index in [9.17, 15) is 14.4 Å². The summed E-state index contributed by atoms with van der Waals surface area (Å²) >= 11 is 0. The first kappa shape index (κ1) is 26.0. The Morgan fingerprint density at radius 1 is 0.889 bits per heavy atom. The summed E-state index contributed by atoms with van der Waals surface area (Å²) in [6, 6.07) is 23.1. The zero-order chi connectivity index (χ0) is 25.8. The Hall–Kier alpha value is -4.66. The number of nitrogens with zero attached hydrogens (tertiary/aromatic N) is 1. The van der Waals surface area contributed by atoms with Crippen LogP contribution in [0.5, 0.6) is 11.5 Å². The average molecular weight is 489 g/mol. The highest BCUT2D eigenvalue weighted by atomic mass is 16.5. The molecule has 0 saturated heterocycles. The SMILES string of the molecule is CCOc1ccccc1NC(=O)C(=O)N/N=C/c1ccc(OCC(=O)NC(C)c2ccccc2)cc1. The number of rotatable bonds is 10. The lowest BCUT2D eigenvalue weighted by atomic mass is 10.1. The summed E-state index contributed by atoms with van der Waals surface area (Å²) in [7, 11) is 0. The molecule has 3 amide bonds. The molecule has 3 aromatic carbocycles. The third kappa shape index (κ3) is 7.98. The molecule has 0 bridgehead atoms. The number of hydrogen-bond acceptors (Lipinski definition) is 6. The maximum Gasteiger partial charge on any atom is 0.329 e. The number of carbonyl (C=O) groups excluding carboxylic acids is 3. The third-order valence-corrected chi connectivity index (χ3v) is 4.95. The van der Waals surface area contributed by atoms with Crippen molar-refractivity contribution >= 4 is 29.6 Å². The second kappa shape index (κ2) is 13.3. The van der Waals surface area contributed by atoms with Crippen LogP contribution in [0, 0.1) is 0 Å². The van der Waals surface area contributed by atoms with Crippen LogP contribution in [-0.2, 0) is 14.4 Å². The van der Waals surface area contributed by atoms with Gasteiger partial charge in [-0.1, -0.05) is 42.5 Å². The summed E-state index contributed by atoms with van der Waals surface area (Å²) in [5.41, 5.74) is 4.24. The van der Waals surface area contributed by atoms with Gasteiger partial charge in [-0.05, 0) is 61.4 Å². The summed E-state index contributed by atoms with van der Waals surface area (Å²) in [4.78, 5) is 36.3. The molecule has 1 atom stereocenters. The van der Waals surface area contributed by atoms with Crippen molar-refractivity contribution in [1.82, 2.24) is 10.7 Å². The average Bonchev–Trinajstić information content (AvgIpc) is 2.90. The van der Waals surface area contributed by atoms with Crippen LogP contribution in [0.25, 0.3) is 0 Å². The molecule has 9 heteroatoms. The van der Waals surface area contributed by atoms with Crippen molar-refractivity contribution in [2.45, 2.75) is 19.9 Å². The number of para-hydroxylation sites is 2. The fraction of sp³-hybridized carbons (Fsp3) is 0.185. The highest BCUT2D eigenvalue weighted by Crippen LogP contribution is 2.23. The standard InChI is InChI=1S/C27H28N4O5/c1-3-35-24-12-8-7-11-23(24)30-26(33)27(34)31-28-17-20-13-15-22(16-14-20)36-18-25(32)29-19(2)21-9-5-4-6-10-21/h4-17,19H,3,18H2,1-2H3,(H,29,32)(H,30,33)(H,31,34)/b28-17+. The van der Waals surface area contributed by atoms with E-state index >= 15 is 0 Å². The van der Waals surface area contributed by atoms with Gasteiger partial charge < -0.3 is 20.1 Å². The lowest BCUT2D eigenvalue weighted by Crippen LogP contribution is -2.32. The number of carbonyl (C=O) groups is 3. The van der Waals surface area contributed by atoms with Crippen LogP contribution in [0.1, 0.15) is 31.0 Å². The number of benzene rings is 3. The highest BCUT2D eigenvalue weighted by molar-refractivity contribution is 6.39. The predicted octanol–water partition coefficient (Wildman–Crippen LogP) is 3.43. The van der Waals surface area contributed by atoms with E-state index < -0.39 is 11.8 Å². The maximum atomic E-state index is 12.2. The maximum absolute atomic E-state index is 12.2. The largest absolute Gasteiger partial charge is 0.492 e. The Labute approximate surface area is 209 Å². The zero-order valence-electron chi connectivity index (χ0n) is 20.1. The van der Waals surface area contributed by atoms with Crippen molar-refractivity contribution < 1.29 is 23.9 Å². The molecule has 9 nitrogen and oxygen atoms in total. The molecule has 0 aliphatic heterocycles. The number of ether oxygens (including phenoxy) is 2. The van der Waals surface area contributed by atoms with E-state index in [2.05, 4.69) is 21.2 Å². The van der Waals surface area contributed by atoms with Crippen molar-refractivity contribution in [3.05, 3.63) is 90.0 Å². The van der Waals surface area contributed by atoms with E-state index in [-0.39, 0.29) is 18.6 Å². The number of anilines is 1. The highest BCUT2D eigenvalue weighted by Gasteiger charge is 2.15. The Morgan fingerprint density at radius 3 is 2.31 bits per heavy atom. The van der Waals surface area contributed by atoms with Gasteiger partial charge in [-0.25, -0.2) is 5.43 Å². The normalized spacial score (nSPS) is 11.4. The van der Waals surface area contributed by atoms with Crippen LogP contribution >= 0.6 is 0 Å². The summed E-state index contributed by atoms with van der Waals surface area (Å²) in [6.07, 6.45) is 1.39. The molecule has 0 heterocycles. The van der Waals surface area contributed by atoms with E-state index in [1.807, 2.05) is 44.2 Å². The minimum absolute atomic E-state index is 0.123. The van der Waals surface area contributed by atoms with E-state index in [4.69, 9.17) is 9.47 Å². The van der Waals surface area contributed by atoms with Crippen LogP contribution in [0.2, 0.25) is 0 Å². The van der Waals surface area contributed by atoms with Crippen molar-refractivity contribution in [3.63, 3.8) is 0 Å². The molecule has 3 aromatic rings. The van der Waals surface area contributed by atoms with Crippen molar-refractivity contribution in [1.29, 1.82) is 0 Å². The molecular formula is C27H28N4O5. The monoisotopic (exact) mass is 488 g/mol. The Kier molecular flexibility index (Phi) is 9.58. The summed E-state index contributed by atoms with van der Waals surface area (Å²) < 4.78 is 11.0. The second-order valence-corrected chi connectivity index (χ2v) is 7.64. The van der Waals surface area contributed by atoms with E-state index in [1.165, 1.54) is 6.21 Å². The predicted molar refractivity (Wildman–Crippen MR) is 137 cm³/mol. The molecule has 0 aliphatic rings. The van der Waals surface area contributed by atoms with E-state index in [0.717, 1.165) is 5.56 Å². The quantitative estimate of drug-likeness (QED) is 0.230. The Bertz CT molecular complexity index is 1200. The number of hydrogen-bond donors (Lipinski definition) is 3. The van der Waals surface area contributed by atoms with Gasteiger partial charge >= 0.3 is 11.8 Å². The van der Waals surface area contributed by atoms with Gasteiger partial charge in [-0.15, -0.1) is 0 Å². The van der Waals surface area contributed by atoms with E-state index in [1.54, 1.807) is 48.5 Å². The van der Waals surface area contributed by atoms with Crippen LogP contribution < -0.4 is 25.5 Å². The van der Waals surface area contributed by atoms with Gasteiger partial charge in [0, 0.05) is 0 Å². The smallest absolute Gasteiger partial charge is 0.329 e. The summed E-state index contributed by atoms with van der Waals surface area (Å²) in [5, 5.41) is 9.19. The molecule has 3 rings (SSSR count). The van der Waals surface area contributed by atoms with Crippen LogP contribution in [0.3, 0.4) is 0 Å². The topological polar surface area (TPSA) is 118 Å². The molecule has 0 aliphatic carbocycles. The fourth-order valence-electron chi connectivity index (χ4n) is 3.15. The first-order valence-electron chi connectivity index (χ1n) is 11.4. The minimum Gasteiger partial charge on any atom is -0.492 e. The lowest BCUT2D eigenvalue weighted by molar-refractivity contribution is -0.136. The summed E-state index contributed by atoms with van der Waals surface area (Å²) in [6.45, 7) is 4.03. The zero-order valence-corrected chi connectivity index (χ0v) is 20.1. The van der Waals surface area contributed by atoms with Crippen LogP contribution in [0.4, 0.5) is 5.69 Å². The lowest BCUT2D eigenvalue weighted by Gasteiger charge is -2.14. The molecule has 0 radical (unpaired) electrons. The van der Waals surface area contributed by atoms with Gasteiger partial charge in [0.15, 0.2) is 6.61 Å². The van der Waals surface area contributed by atoms with Gasteiger partial charge in [0.1, 0.15) is 11.5 Å². The first-order valence-corrected chi connectivity index (χ1v) is 11.4. The Morgan fingerprint density at radius 2 is 1.58 bits per heavy atom. The number of hydrazone groups is 1. The van der Waals surface area contributed by atoms with Crippen LogP contribution in [0.15, 0.2) is 84.0 Å². The number of nitrogens with one attached hydrogen (secondary N) is 3. The van der Waals surface area contributed by atoms with Crippen LogP contribution in [-0.4, -0.2) is 37.1 Å². The molecule has 36 heavy (non-hydrogen) atoms. The molecule has 1 unspecified atom stereocenters. The van der Waals surface area contributed by atoms with Crippen molar-refractivity contribution in [3.8, 4) is 11.5 Å². The molecule has 0 fully saturated rings. The van der Waals surface area contributed by atoms with Gasteiger partial charge in [0.05, 0.1) is 24.6 Å². The van der Waals surface area contributed by atoms with Gasteiger partial charge in [0.2, 0.25) is 0 Å². The molecule has 0 aromatic heterocycles. The van der Waals surface area contributed by atoms with Crippen molar-refractivity contribution in [2.75, 3.05) is 18.5 Å². The molecule has 3 N–H and O–H groups in total. The molecule has 186 valence electrons.